The van der Waals surface area contributed by atoms with E-state index >= 15 is 0 Å². The molecule has 1 saturated heterocycles. The molecule has 0 atom stereocenters. The van der Waals surface area contributed by atoms with Gasteiger partial charge in [0.15, 0.2) is 0 Å². The molecule has 1 aromatic heterocycles. The predicted octanol–water partition coefficient (Wildman–Crippen LogP) is 4.95. The molecule has 10 heteroatoms. The second-order valence-corrected chi connectivity index (χ2v) is 8.96. The maximum atomic E-state index is 13.4. The average molecular weight is 484 g/mol. The Bertz CT molecular complexity index is 1170. The lowest BCUT2D eigenvalue weighted by Crippen LogP contribution is -2.45. The predicted molar refractivity (Wildman–Crippen MR) is 128 cm³/mol. The quantitative estimate of drug-likeness (QED) is 0.345. The number of hydrogen-bond acceptors (Lipinski definition) is 7. The van der Waals surface area contributed by atoms with Crippen molar-refractivity contribution in [1.29, 1.82) is 0 Å². The summed E-state index contributed by atoms with van der Waals surface area (Å²) in [6, 6.07) is 13.9. The molecule has 0 saturated carbocycles. The van der Waals surface area contributed by atoms with Gasteiger partial charge in [-0.15, -0.1) is 10.2 Å². The first-order chi connectivity index (χ1) is 16.3. The normalized spacial score (nSPS) is 14.4. The number of hydrogen-bond donors (Lipinski definition) is 0. The van der Waals surface area contributed by atoms with E-state index in [2.05, 4.69) is 10.2 Å². The van der Waals surface area contributed by atoms with Gasteiger partial charge in [0.1, 0.15) is 5.69 Å². The molecule has 1 fully saturated rings. The van der Waals surface area contributed by atoms with Crippen molar-refractivity contribution in [3.05, 3.63) is 69.6 Å². The van der Waals surface area contributed by atoms with Gasteiger partial charge in [0.2, 0.25) is 17.7 Å². The zero-order chi connectivity index (χ0) is 24.2. The van der Waals surface area contributed by atoms with Gasteiger partial charge in [-0.1, -0.05) is 35.9 Å². The van der Waals surface area contributed by atoms with Crippen molar-refractivity contribution in [2.45, 2.75) is 39.3 Å². The summed E-state index contributed by atoms with van der Waals surface area (Å²) in [6.45, 7) is 5.25. The first-order valence-electron chi connectivity index (χ1n) is 11.2. The number of aromatic nitrogens is 2. The Kier molecular flexibility index (Phi) is 7.12. The molecule has 1 amide bonds. The smallest absolute Gasteiger partial charge is 0.292 e. The minimum atomic E-state index is -0.367. The maximum absolute atomic E-state index is 13.4. The number of nitro groups is 1. The fraction of sp³-hybridized carbons (Fsp3) is 0.375. The molecule has 0 radical (unpaired) electrons. The van der Waals surface area contributed by atoms with Crippen LogP contribution in [0.5, 0.6) is 0 Å². The molecule has 4 rings (SSSR count). The van der Waals surface area contributed by atoms with Crippen LogP contribution in [0.1, 0.15) is 32.6 Å². The largest absolute Gasteiger partial charge is 0.419 e. The van der Waals surface area contributed by atoms with E-state index in [1.165, 1.54) is 6.07 Å². The molecule has 1 aliphatic rings. The van der Waals surface area contributed by atoms with Crippen LogP contribution in [0.15, 0.2) is 52.9 Å². The van der Waals surface area contributed by atoms with Crippen LogP contribution >= 0.6 is 11.6 Å². The van der Waals surface area contributed by atoms with Crippen molar-refractivity contribution in [2.75, 3.05) is 18.0 Å². The van der Waals surface area contributed by atoms with Gasteiger partial charge in [-0.25, -0.2) is 0 Å². The molecule has 178 valence electrons. The number of piperidine rings is 1. The van der Waals surface area contributed by atoms with Crippen LogP contribution < -0.4 is 4.90 Å². The second kappa shape index (κ2) is 10.2. The molecule has 0 bridgehead atoms. The van der Waals surface area contributed by atoms with Gasteiger partial charge in [-0.2, -0.15) is 0 Å². The lowest BCUT2D eigenvalue weighted by Gasteiger charge is -2.36. The summed E-state index contributed by atoms with van der Waals surface area (Å²) in [5.41, 5.74) is 1.33. The number of carbonyl (C=O) groups excluding carboxylic acids is 1. The van der Waals surface area contributed by atoms with Crippen molar-refractivity contribution in [3.8, 4) is 11.5 Å². The van der Waals surface area contributed by atoms with E-state index in [-0.39, 0.29) is 35.0 Å². The Morgan fingerprint density at radius 3 is 2.53 bits per heavy atom. The molecule has 2 heterocycles. The lowest BCUT2D eigenvalue weighted by atomic mass is 9.94. The highest BCUT2D eigenvalue weighted by molar-refractivity contribution is 6.33. The summed E-state index contributed by atoms with van der Waals surface area (Å²) >= 11 is 6.23. The van der Waals surface area contributed by atoms with Gasteiger partial charge in [-0.05, 0) is 44.9 Å². The summed E-state index contributed by atoms with van der Waals surface area (Å²) in [5.74, 6) is 0.505. The number of halogens is 1. The zero-order valence-electron chi connectivity index (χ0n) is 19.1. The average Bonchev–Trinajstić information content (AvgIpc) is 3.31. The van der Waals surface area contributed by atoms with Crippen LogP contribution in [-0.2, 0) is 11.3 Å². The number of nitro benzene ring substituents is 1. The first kappa shape index (κ1) is 23.7. The second-order valence-electron chi connectivity index (χ2n) is 8.55. The molecule has 0 N–H and O–H groups in total. The summed E-state index contributed by atoms with van der Waals surface area (Å²) in [7, 11) is 0. The topological polar surface area (TPSA) is 106 Å². The molecule has 0 spiro atoms. The summed E-state index contributed by atoms with van der Waals surface area (Å²) in [6.07, 6.45) is 1.23. The van der Waals surface area contributed by atoms with Gasteiger partial charge >= 0.3 is 0 Å². The number of benzene rings is 2. The van der Waals surface area contributed by atoms with Crippen molar-refractivity contribution in [1.82, 2.24) is 15.1 Å². The van der Waals surface area contributed by atoms with E-state index in [1.807, 2.05) is 30.9 Å². The molecule has 0 unspecified atom stereocenters. The van der Waals surface area contributed by atoms with E-state index in [0.29, 0.717) is 54.0 Å². The maximum Gasteiger partial charge on any atom is 0.292 e. The number of rotatable bonds is 7. The van der Waals surface area contributed by atoms with Gasteiger partial charge in [0.05, 0.1) is 22.1 Å². The highest BCUT2D eigenvalue weighted by atomic mass is 35.5. The fourth-order valence-corrected chi connectivity index (χ4v) is 4.43. The van der Waals surface area contributed by atoms with E-state index in [1.54, 1.807) is 35.2 Å². The van der Waals surface area contributed by atoms with Crippen LogP contribution in [0.4, 0.5) is 11.4 Å². The first-order valence-corrected chi connectivity index (χ1v) is 11.6. The lowest BCUT2D eigenvalue weighted by molar-refractivity contribution is -0.384. The van der Waals surface area contributed by atoms with Crippen molar-refractivity contribution >= 4 is 28.9 Å². The highest BCUT2D eigenvalue weighted by Gasteiger charge is 2.32. The molecular weight excluding hydrogens is 458 g/mol. The Morgan fingerprint density at radius 2 is 1.85 bits per heavy atom. The van der Waals surface area contributed by atoms with Gasteiger partial charge in [0, 0.05) is 31.1 Å². The van der Waals surface area contributed by atoms with Crippen LogP contribution in [-0.4, -0.2) is 45.1 Å². The van der Waals surface area contributed by atoms with Gasteiger partial charge in [-0.3, -0.25) is 14.9 Å². The Morgan fingerprint density at radius 1 is 1.18 bits per heavy atom. The number of para-hydroxylation sites is 2. The SMILES string of the molecule is CC(C)N(Cc1nnc(-c2ccccc2Cl)o1)C(=O)C1CCN(c2ccccc2[N+](=O)[O-])CC1. The molecular formula is C24H26ClN5O4. The molecule has 0 aliphatic carbocycles. The summed E-state index contributed by atoms with van der Waals surface area (Å²) in [4.78, 5) is 28.1. The summed E-state index contributed by atoms with van der Waals surface area (Å²) in [5, 5.41) is 20.1. The summed E-state index contributed by atoms with van der Waals surface area (Å²) < 4.78 is 5.81. The molecule has 34 heavy (non-hydrogen) atoms. The van der Waals surface area contributed by atoms with E-state index < -0.39 is 0 Å². The van der Waals surface area contributed by atoms with Crippen LogP contribution in [0.2, 0.25) is 5.02 Å². The number of nitrogens with zero attached hydrogens (tertiary/aromatic N) is 5. The van der Waals surface area contributed by atoms with Gasteiger partial charge in [0.25, 0.3) is 5.69 Å². The highest BCUT2D eigenvalue weighted by Crippen LogP contribution is 2.32. The van der Waals surface area contributed by atoms with Crippen LogP contribution in [0.25, 0.3) is 11.5 Å². The monoisotopic (exact) mass is 483 g/mol. The number of amides is 1. The van der Waals surface area contributed by atoms with E-state index in [0.717, 1.165) is 0 Å². The van der Waals surface area contributed by atoms with Crippen LogP contribution in [0, 0.1) is 16.0 Å². The van der Waals surface area contributed by atoms with E-state index in [9.17, 15) is 14.9 Å². The number of anilines is 1. The van der Waals surface area contributed by atoms with Crippen molar-refractivity contribution in [2.24, 2.45) is 5.92 Å². The Balaban J connectivity index is 1.43. The third-order valence-corrected chi connectivity index (χ3v) is 6.38. The molecule has 9 nitrogen and oxygen atoms in total. The van der Waals surface area contributed by atoms with Crippen molar-refractivity contribution in [3.63, 3.8) is 0 Å². The number of carbonyl (C=O) groups is 1. The standard InChI is InChI=1S/C24H26ClN5O4/c1-16(2)29(15-22-26-27-23(34-22)18-7-3-4-8-19(18)25)24(31)17-11-13-28(14-12-17)20-9-5-6-10-21(20)30(32)33/h3-10,16-17H,11-15H2,1-2H3. The minimum Gasteiger partial charge on any atom is -0.419 e. The van der Waals surface area contributed by atoms with E-state index in [4.69, 9.17) is 16.0 Å². The van der Waals surface area contributed by atoms with Crippen LogP contribution in [0.3, 0.4) is 0 Å². The molecule has 2 aromatic carbocycles. The molecule has 1 aliphatic heterocycles. The Labute approximate surface area is 202 Å². The minimum absolute atomic E-state index is 0.0229. The van der Waals surface area contributed by atoms with Crippen molar-refractivity contribution < 1.29 is 14.1 Å². The third kappa shape index (κ3) is 5.04. The third-order valence-electron chi connectivity index (χ3n) is 6.05. The van der Waals surface area contributed by atoms with Gasteiger partial charge < -0.3 is 14.2 Å². The Hall–Kier alpha value is -3.46. The fourth-order valence-electron chi connectivity index (χ4n) is 4.21. The zero-order valence-corrected chi connectivity index (χ0v) is 19.8. The molecule has 3 aromatic rings.